The SMILES string of the molecule is CC(=O)c1ccccc1NC(=O)COc1c(Br)cccc1Br. The Morgan fingerprint density at radius 2 is 1.68 bits per heavy atom. The molecule has 0 saturated heterocycles. The number of anilines is 1. The van der Waals surface area contributed by atoms with Crippen molar-refractivity contribution in [2.45, 2.75) is 6.92 Å². The second-order valence-corrected chi connectivity index (χ2v) is 6.20. The Balaban J connectivity index is 2.04. The number of ketones is 1. The summed E-state index contributed by atoms with van der Waals surface area (Å²) in [5.74, 6) is 0.110. The lowest BCUT2D eigenvalue weighted by atomic mass is 10.1. The highest BCUT2D eigenvalue weighted by molar-refractivity contribution is 9.11. The topological polar surface area (TPSA) is 55.4 Å². The number of carbonyl (C=O) groups excluding carboxylic acids is 2. The van der Waals surface area contributed by atoms with E-state index in [1.807, 2.05) is 18.2 Å². The normalized spacial score (nSPS) is 10.1. The molecule has 0 saturated carbocycles. The average molecular weight is 427 g/mol. The standard InChI is InChI=1S/C16H13Br2NO3/c1-10(20)11-5-2-3-8-14(11)19-15(21)9-22-16-12(17)6-4-7-13(16)18/h2-8H,9H2,1H3,(H,19,21). The van der Waals surface area contributed by atoms with Crippen LogP contribution in [0, 0.1) is 0 Å². The molecule has 0 heterocycles. The fourth-order valence-electron chi connectivity index (χ4n) is 1.84. The second-order valence-electron chi connectivity index (χ2n) is 4.49. The van der Waals surface area contributed by atoms with Gasteiger partial charge in [-0.3, -0.25) is 9.59 Å². The lowest BCUT2D eigenvalue weighted by Gasteiger charge is -2.12. The molecule has 0 bridgehead atoms. The van der Waals surface area contributed by atoms with Gasteiger partial charge in [-0.2, -0.15) is 0 Å². The summed E-state index contributed by atoms with van der Waals surface area (Å²) in [7, 11) is 0. The van der Waals surface area contributed by atoms with Crippen LogP contribution in [0.25, 0.3) is 0 Å². The first-order chi connectivity index (χ1) is 10.5. The number of para-hydroxylation sites is 2. The number of nitrogens with one attached hydrogen (secondary N) is 1. The summed E-state index contributed by atoms with van der Waals surface area (Å²) in [5, 5.41) is 2.69. The lowest BCUT2D eigenvalue weighted by Crippen LogP contribution is -2.21. The van der Waals surface area contributed by atoms with E-state index in [1.54, 1.807) is 24.3 Å². The Kier molecular flexibility index (Phi) is 5.74. The summed E-state index contributed by atoms with van der Waals surface area (Å²) in [4.78, 5) is 23.5. The van der Waals surface area contributed by atoms with Crippen LogP contribution in [-0.2, 0) is 4.79 Å². The van der Waals surface area contributed by atoms with Crippen molar-refractivity contribution in [1.82, 2.24) is 0 Å². The molecule has 0 unspecified atom stereocenters. The summed E-state index contributed by atoms with van der Waals surface area (Å²) >= 11 is 6.73. The molecule has 0 atom stereocenters. The number of ether oxygens (including phenoxy) is 1. The fourth-order valence-corrected chi connectivity index (χ4v) is 3.07. The molecule has 4 nitrogen and oxygen atoms in total. The van der Waals surface area contributed by atoms with Gasteiger partial charge in [-0.05, 0) is 63.0 Å². The lowest BCUT2D eigenvalue weighted by molar-refractivity contribution is -0.118. The Hall–Kier alpha value is -1.66. The van der Waals surface area contributed by atoms with Crippen molar-refractivity contribution in [1.29, 1.82) is 0 Å². The van der Waals surface area contributed by atoms with E-state index in [2.05, 4.69) is 37.2 Å². The van der Waals surface area contributed by atoms with Gasteiger partial charge in [0.05, 0.1) is 14.6 Å². The molecular formula is C16H13Br2NO3. The van der Waals surface area contributed by atoms with Crippen LogP contribution in [0.4, 0.5) is 5.69 Å². The van der Waals surface area contributed by atoms with Crippen LogP contribution < -0.4 is 10.1 Å². The van der Waals surface area contributed by atoms with E-state index >= 15 is 0 Å². The first-order valence-corrected chi connectivity index (χ1v) is 8.04. The first kappa shape index (κ1) is 16.7. The summed E-state index contributed by atoms with van der Waals surface area (Å²) in [6, 6.07) is 12.4. The number of hydrogen-bond donors (Lipinski definition) is 1. The Morgan fingerprint density at radius 1 is 1.05 bits per heavy atom. The minimum absolute atomic E-state index is 0.106. The number of hydrogen-bond acceptors (Lipinski definition) is 3. The third-order valence-electron chi connectivity index (χ3n) is 2.85. The van der Waals surface area contributed by atoms with Gasteiger partial charge < -0.3 is 10.1 Å². The van der Waals surface area contributed by atoms with E-state index in [0.29, 0.717) is 17.0 Å². The van der Waals surface area contributed by atoms with Gasteiger partial charge in [-0.25, -0.2) is 0 Å². The predicted molar refractivity (Wildman–Crippen MR) is 92.4 cm³/mol. The molecule has 0 spiro atoms. The van der Waals surface area contributed by atoms with Gasteiger partial charge in [0.25, 0.3) is 5.91 Å². The molecule has 1 amide bonds. The van der Waals surface area contributed by atoms with Crippen LogP contribution in [0.5, 0.6) is 5.75 Å². The number of Topliss-reactive ketones (excluding diaryl/α,β-unsaturated/α-hetero) is 1. The highest BCUT2D eigenvalue weighted by Crippen LogP contribution is 2.32. The Labute approximate surface area is 145 Å². The number of benzene rings is 2. The third-order valence-corrected chi connectivity index (χ3v) is 4.10. The van der Waals surface area contributed by atoms with E-state index < -0.39 is 0 Å². The van der Waals surface area contributed by atoms with Crippen molar-refractivity contribution in [3.63, 3.8) is 0 Å². The molecular weight excluding hydrogens is 414 g/mol. The molecule has 0 fully saturated rings. The molecule has 2 rings (SSSR count). The van der Waals surface area contributed by atoms with Crippen LogP contribution in [-0.4, -0.2) is 18.3 Å². The van der Waals surface area contributed by atoms with E-state index in [4.69, 9.17) is 4.74 Å². The molecule has 0 aliphatic heterocycles. The zero-order valence-corrected chi connectivity index (χ0v) is 14.9. The maximum atomic E-state index is 12.0. The fraction of sp³-hybridized carbons (Fsp3) is 0.125. The van der Waals surface area contributed by atoms with Crippen molar-refractivity contribution >= 4 is 49.2 Å². The van der Waals surface area contributed by atoms with Crippen molar-refractivity contribution in [3.8, 4) is 5.75 Å². The van der Waals surface area contributed by atoms with Gasteiger partial charge in [-0.15, -0.1) is 0 Å². The maximum Gasteiger partial charge on any atom is 0.262 e. The van der Waals surface area contributed by atoms with Gasteiger partial charge in [0.2, 0.25) is 0 Å². The average Bonchev–Trinajstić information content (AvgIpc) is 2.47. The predicted octanol–water partition coefficient (Wildman–Crippen LogP) is 4.43. The van der Waals surface area contributed by atoms with Crippen LogP contribution >= 0.6 is 31.9 Å². The molecule has 0 aliphatic rings. The number of carbonyl (C=O) groups is 2. The van der Waals surface area contributed by atoms with E-state index in [9.17, 15) is 9.59 Å². The van der Waals surface area contributed by atoms with Gasteiger partial charge in [0.1, 0.15) is 5.75 Å². The van der Waals surface area contributed by atoms with Crippen LogP contribution in [0.3, 0.4) is 0 Å². The summed E-state index contributed by atoms with van der Waals surface area (Å²) < 4.78 is 7.01. The second kappa shape index (κ2) is 7.56. The highest BCUT2D eigenvalue weighted by Gasteiger charge is 2.12. The molecule has 114 valence electrons. The first-order valence-electron chi connectivity index (χ1n) is 6.45. The van der Waals surface area contributed by atoms with Gasteiger partial charge in [0.15, 0.2) is 12.4 Å². The summed E-state index contributed by atoms with van der Waals surface area (Å²) in [6.45, 7) is 1.30. The van der Waals surface area contributed by atoms with Crippen LogP contribution in [0.1, 0.15) is 17.3 Å². The van der Waals surface area contributed by atoms with Crippen molar-refractivity contribution < 1.29 is 14.3 Å². The quantitative estimate of drug-likeness (QED) is 0.719. The van der Waals surface area contributed by atoms with Gasteiger partial charge in [0, 0.05) is 5.56 Å². The van der Waals surface area contributed by atoms with Gasteiger partial charge in [-0.1, -0.05) is 18.2 Å². The molecule has 0 radical (unpaired) electrons. The van der Waals surface area contributed by atoms with Crippen LogP contribution in [0.2, 0.25) is 0 Å². The zero-order chi connectivity index (χ0) is 16.1. The van der Waals surface area contributed by atoms with Crippen molar-refractivity contribution in [2.24, 2.45) is 0 Å². The van der Waals surface area contributed by atoms with E-state index in [-0.39, 0.29) is 18.3 Å². The molecule has 22 heavy (non-hydrogen) atoms. The minimum atomic E-state index is -0.337. The monoisotopic (exact) mass is 425 g/mol. The number of amides is 1. The van der Waals surface area contributed by atoms with Gasteiger partial charge >= 0.3 is 0 Å². The number of halogens is 2. The van der Waals surface area contributed by atoms with Crippen LogP contribution in [0.15, 0.2) is 51.4 Å². The Bertz CT molecular complexity index is 696. The smallest absolute Gasteiger partial charge is 0.262 e. The molecule has 0 aromatic heterocycles. The number of rotatable bonds is 5. The zero-order valence-electron chi connectivity index (χ0n) is 11.7. The Morgan fingerprint density at radius 3 is 2.32 bits per heavy atom. The third kappa shape index (κ3) is 4.18. The molecule has 0 aliphatic carbocycles. The minimum Gasteiger partial charge on any atom is -0.481 e. The van der Waals surface area contributed by atoms with Crippen molar-refractivity contribution in [3.05, 3.63) is 57.0 Å². The van der Waals surface area contributed by atoms with E-state index in [1.165, 1.54) is 6.92 Å². The highest BCUT2D eigenvalue weighted by atomic mass is 79.9. The van der Waals surface area contributed by atoms with Crippen molar-refractivity contribution in [2.75, 3.05) is 11.9 Å². The largest absolute Gasteiger partial charge is 0.481 e. The molecule has 2 aromatic carbocycles. The molecule has 6 heteroatoms. The summed E-state index contributed by atoms with van der Waals surface area (Å²) in [5.41, 5.74) is 0.952. The molecule has 1 N–H and O–H groups in total. The molecule has 2 aromatic rings. The van der Waals surface area contributed by atoms with E-state index in [0.717, 1.165) is 8.95 Å². The maximum absolute atomic E-state index is 12.0. The summed E-state index contributed by atoms with van der Waals surface area (Å²) in [6.07, 6.45) is 0.